The van der Waals surface area contributed by atoms with E-state index in [1.54, 1.807) is 0 Å². The molecule has 0 aromatic heterocycles. The lowest BCUT2D eigenvalue weighted by molar-refractivity contribution is -0.384. The summed E-state index contributed by atoms with van der Waals surface area (Å²) in [7, 11) is 4.19. The summed E-state index contributed by atoms with van der Waals surface area (Å²) in [5.74, 6) is -0.136. The molecule has 9 heteroatoms. The van der Waals surface area contributed by atoms with Gasteiger partial charge in [0.1, 0.15) is 18.0 Å². The van der Waals surface area contributed by atoms with E-state index in [2.05, 4.69) is 15.1 Å². The van der Waals surface area contributed by atoms with Crippen molar-refractivity contribution in [1.29, 1.82) is 0 Å². The fourth-order valence-corrected chi connectivity index (χ4v) is 1.28. The van der Waals surface area contributed by atoms with Crippen molar-refractivity contribution >= 4 is 17.3 Å². The van der Waals surface area contributed by atoms with Crippen LogP contribution in [0.25, 0.3) is 0 Å². The fraction of sp³-hybridized carbons (Fsp3) is 0.462. The number of nitro benzene ring substituents is 1. The van der Waals surface area contributed by atoms with Crippen LogP contribution in [-0.4, -0.2) is 43.7 Å². The fourth-order valence-electron chi connectivity index (χ4n) is 1.28. The predicted molar refractivity (Wildman–Crippen MR) is 80.2 cm³/mol. The highest BCUT2D eigenvalue weighted by Crippen LogP contribution is 2.31. The molecule has 0 unspecified atom stereocenters. The Morgan fingerprint density at radius 3 is 2.50 bits per heavy atom. The van der Waals surface area contributed by atoms with Gasteiger partial charge in [0, 0.05) is 19.2 Å². The van der Waals surface area contributed by atoms with Gasteiger partial charge < -0.3 is 9.47 Å². The predicted octanol–water partition coefficient (Wildman–Crippen LogP) is 2.73. The quantitative estimate of drug-likeness (QED) is 0.346. The van der Waals surface area contributed by atoms with Crippen molar-refractivity contribution in [1.82, 2.24) is 5.01 Å². The molecule has 0 fully saturated rings. The lowest BCUT2D eigenvalue weighted by Crippen LogP contribution is -2.21. The maximum atomic E-state index is 11.0. The van der Waals surface area contributed by atoms with Crippen molar-refractivity contribution in [3.8, 4) is 5.75 Å². The Balaban J connectivity index is 0.00000211. The summed E-state index contributed by atoms with van der Waals surface area (Å²) in [4.78, 5) is 21.2. The topological polar surface area (TPSA) is 107 Å². The van der Waals surface area contributed by atoms with Gasteiger partial charge in [-0.1, -0.05) is 19.1 Å². The third kappa shape index (κ3) is 6.16. The number of esters is 1. The zero-order valence-corrected chi connectivity index (χ0v) is 13.3. The van der Waals surface area contributed by atoms with Crippen LogP contribution in [-0.2, 0) is 9.53 Å². The number of nitro groups is 1. The van der Waals surface area contributed by atoms with Gasteiger partial charge in [-0.25, -0.2) is 0 Å². The van der Waals surface area contributed by atoms with Crippen LogP contribution in [0.4, 0.5) is 11.4 Å². The first-order chi connectivity index (χ1) is 10.5. The summed E-state index contributed by atoms with van der Waals surface area (Å²) in [6.45, 7) is 3.91. The molecule has 0 aliphatic carbocycles. The second-order valence-electron chi connectivity index (χ2n) is 3.69. The molecule has 9 nitrogen and oxygen atoms in total. The van der Waals surface area contributed by atoms with E-state index in [0.717, 1.165) is 0 Å². The van der Waals surface area contributed by atoms with Crippen LogP contribution < -0.4 is 4.74 Å². The van der Waals surface area contributed by atoms with Crippen LogP contribution in [0.3, 0.4) is 0 Å². The molecule has 0 saturated carbocycles. The molecule has 22 heavy (non-hydrogen) atoms. The van der Waals surface area contributed by atoms with Crippen LogP contribution >= 0.6 is 0 Å². The van der Waals surface area contributed by atoms with Crippen LogP contribution in [0.15, 0.2) is 28.5 Å². The molecule has 0 amide bonds. The minimum atomic E-state index is -0.545. The molecule has 1 rings (SSSR count). The highest BCUT2D eigenvalue weighted by Gasteiger charge is 2.11. The average Bonchev–Trinajstić information content (AvgIpc) is 2.54. The van der Waals surface area contributed by atoms with Crippen molar-refractivity contribution in [3.63, 3.8) is 0 Å². The maximum Gasteiger partial charge on any atom is 0.327 e. The van der Waals surface area contributed by atoms with Gasteiger partial charge >= 0.3 is 5.97 Å². The monoisotopic (exact) mass is 312 g/mol. The van der Waals surface area contributed by atoms with Gasteiger partial charge in [0.25, 0.3) is 5.69 Å². The van der Waals surface area contributed by atoms with Crippen molar-refractivity contribution in [3.05, 3.63) is 28.3 Å². The zero-order chi connectivity index (χ0) is 17.1. The first kappa shape index (κ1) is 19.3. The molecule has 1 aromatic rings. The minimum Gasteiger partial charge on any atom is -0.494 e. The molecule has 0 radical (unpaired) electrons. The van der Waals surface area contributed by atoms with Crippen molar-refractivity contribution in [2.75, 3.05) is 27.8 Å². The molecule has 0 N–H and O–H groups in total. The van der Waals surface area contributed by atoms with Gasteiger partial charge in [-0.3, -0.25) is 19.9 Å². The number of hydrogen-bond acceptors (Lipinski definition) is 7. The number of nitrogens with zero attached hydrogens (tertiary/aromatic N) is 4. The summed E-state index contributed by atoms with van der Waals surface area (Å²) >= 11 is 0. The third-order valence-corrected chi connectivity index (χ3v) is 2.26. The largest absolute Gasteiger partial charge is 0.494 e. The zero-order valence-electron chi connectivity index (χ0n) is 13.3. The smallest absolute Gasteiger partial charge is 0.327 e. The molecular weight excluding hydrogens is 292 g/mol. The highest BCUT2D eigenvalue weighted by molar-refractivity contribution is 5.71. The van der Waals surface area contributed by atoms with Crippen molar-refractivity contribution in [2.24, 2.45) is 10.3 Å². The molecule has 0 bridgehead atoms. The van der Waals surface area contributed by atoms with E-state index in [4.69, 9.17) is 4.74 Å². The van der Waals surface area contributed by atoms with Crippen molar-refractivity contribution < 1.29 is 19.2 Å². The van der Waals surface area contributed by atoms with E-state index in [1.807, 2.05) is 13.8 Å². The number of carbonyl (C=O) groups excluding carboxylic acids is 1. The van der Waals surface area contributed by atoms with Crippen LogP contribution in [0.1, 0.15) is 13.8 Å². The normalized spacial score (nSPS) is 9.68. The first-order valence-electron chi connectivity index (χ1n) is 6.50. The van der Waals surface area contributed by atoms with E-state index in [-0.39, 0.29) is 17.9 Å². The van der Waals surface area contributed by atoms with Gasteiger partial charge in [-0.05, 0) is 6.07 Å². The van der Waals surface area contributed by atoms with Crippen LogP contribution in [0.2, 0.25) is 0 Å². The van der Waals surface area contributed by atoms with Crippen molar-refractivity contribution in [2.45, 2.75) is 13.8 Å². The van der Waals surface area contributed by atoms with Gasteiger partial charge in [-0.2, -0.15) is 0 Å². The van der Waals surface area contributed by atoms with Gasteiger partial charge in [-0.15, -0.1) is 5.11 Å². The summed E-state index contributed by atoms with van der Waals surface area (Å²) in [6.07, 6.45) is 0. The number of non-ortho nitro benzene ring substituents is 1. The molecule has 1 aromatic carbocycles. The summed E-state index contributed by atoms with van der Waals surface area (Å²) in [5, 5.41) is 19.5. The van der Waals surface area contributed by atoms with Crippen LogP contribution in [0, 0.1) is 10.1 Å². The lowest BCUT2D eigenvalue weighted by atomic mass is 10.2. The standard InChI is InChI=1S/C11H14N4O5.C2H6/c1-14(7-11(16)20-3)13-12-9-6-8(15(17)18)4-5-10(9)19-2;1-2/h4-6H,7H2,1-3H3;1-2H3. The summed E-state index contributed by atoms with van der Waals surface area (Å²) < 4.78 is 9.50. The molecular formula is C13H20N4O5. The second-order valence-corrected chi connectivity index (χ2v) is 3.69. The van der Waals surface area contributed by atoms with Gasteiger partial charge in [0.2, 0.25) is 0 Å². The average molecular weight is 312 g/mol. The van der Waals surface area contributed by atoms with E-state index >= 15 is 0 Å². The first-order valence-corrected chi connectivity index (χ1v) is 6.50. The Morgan fingerprint density at radius 2 is 2.00 bits per heavy atom. The number of likely N-dealkylation sites (N-methyl/N-ethyl adjacent to an activating group) is 1. The number of methoxy groups -OCH3 is 2. The number of benzene rings is 1. The number of carbonyl (C=O) groups is 1. The van der Waals surface area contributed by atoms with Gasteiger partial charge in [0.15, 0.2) is 0 Å². The van der Waals surface area contributed by atoms with E-state index in [9.17, 15) is 14.9 Å². The Bertz CT molecular complexity index is 533. The molecule has 0 spiro atoms. The Morgan fingerprint density at radius 1 is 1.36 bits per heavy atom. The highest BCUT2D eigenvalue weighted by atomic mass is 16.6. The summed E-state index contributed by atoms with van der Waals surface area (Å²) in [6, 6.07) is 3.96. The molecule has 0 heterocycles. The number of ether oxygens (including phenoxy) is 2. The van der Waals surface area contributed by atoms with E-state index < -0.39 is 10.9 Å². The van der Waals surface area contributed by atoms with Gasteiger partial charge in [0.05, 0.1) is 19.1 Å². The number of hydrogen-bond donors (Lipinski definition) is 0. The SMILES string of the molecule is CC.COC(=O)CN(C)N=Nc1cc([N+](=O)[O-])ccc1OC. The lowest BCUT2D eigenvalue weighted by Gasteiger charge is -2.09. The second kappa shape index (κ2) is 10.1. The summed E-state index contributed by atoms with van der Waals surface area (Å²) in [5.41, 5.74) is 0.0637. The molecule has 0 aliphatic rings. The third-order valence-electron chi connectivity index (χ3n) is 2.26. The Labute approximate surface area is 128 Å². The Kier molecular flexibility index (Phi) is 8.84. The molecule has 0 aliphatic heterocycles. The molecule has 0 saturated heterocycles. The van der Waals surface area contributed by atoms with Crippen LogP contribution in [0.5, 0.6) is 5.75 Å². The maximum absolute atomic E-state index is 11.0. The molecule has 0 atom stereocenters. The molecule has 122 valence electrons. The number of rotatable bonds is 6. The van der Waals surface area contributed by atoms with E-state index in [1.165, 1.54) is 44.5 Å². The van der Waals surface area contributed by atoms with E-state index in [0.29, 0.717) is 5.75 Å². The minimum absolute atomic E-state index is 0.0861. The Hall–Kier alpha value is -2.71.